The molecule has 0 atom stereocenters. The van der Waals surface area contributed by atoms with Gasteiger partial charge in [-0.05, 0) is 114 Å². The summed E-state index contributed by atoms with van der Waals surface area (Å²) in [6.07, 6.45) is 1.16. The number of hydrogen-bond acceptors (Lipinski definition) is 20. The van der Waals surface area contributed by atoms with Gasteiger partial charge in [0, 0.05) is 76.4 Å². The molecule has 24 nitrogen and oxygen atoms in total. The molecule has 0 radical (unpaired) electrons. The smallest absolute Gasteiger partial charge is 0.204 e. The van der Waals surface area contributed by atoms with Gasteiger partial charge >= 0.3 is 0 Å². The molecule has 352 valence electrons. The molecule has 0 aliphatic heterocycles. The van der Waals surface area contributed by atoms with Crippen LogP contribution in [0, 0.1) is 0 Å². The summed E-state index contributed by atoms with van der Waals surface area (Å²) < 4.78 is 49.0. The van der Waals surface area contributed by atoms with Crippen LogP contribution in [0.15, 0.2) is 48.5 Å². The zero-order chi connectivity index (χ0) is 46.7. The maximum atomic E-state index is 6.76. The van der Waals surface area contributed by atoms with Gasteiger partial charge in [0.15, 0.2) is 0 Å². The molecule has 4 aromatic heterocycles. The normalized spacial score (nSPS) is 12.3. The van der Waals surface area contributed by atoms with Crippen molar-refractivity contribution in [3.63, 3.8) is 0 Å². The van der Waals surface area contributed by atoms with Gasteiger partial charge in [0.25, 0.3) is 0 Å². The van der Waals surface area contributed by atoms with E-state index < -0.39 is 0 Å². The number of rotatable bonds is 20. The molecule has 68 heavy (non-hydrogen) atoms. The van der Waals surface area contributed by atoms with Gasteiger partial charge in [-0.1, -0.05) is 0 Å². The number of nitrogens with zero attached hydrogens (tertiary/aromatic N) is 12. The molecule has 4 aromatic carbocycles. The molecule has 0 saturated carbocycles. The summed E-state index contributed by atoms with van der Waals surface area (Å²) in [6.45, 7) is 2.31. The first-order valence-corrected chi connectivity index (χ1v) is 21.6. The second kappa shape index (κ2) is 21.7. The van der Waals surface area contributed by atoms with Crippen molar-refractivity contribution in [1.82, 2.24) is 82.5 Å². The molecule has 1 aliphatic carbocycles. The first-order valence-electron chi connectivity index (χ1n) is 21.6. The van der Waals surface area contributed by atoms with Crippen molar-refractivity contribution in [2.45, 2.75) is 25.7 Å². The Bertz CT molecular complexity index is 2400. The van der Waals surface area contributed by atoms with Crippen LogP contribution in [0.25, 0.3) is 45.6 Å². The Morgan fingerprint density at radius 1 is 0.324 bits per heavy atom. The average Bonchev–Trinajstić information content (AvgIpc) is 4.21. The quantitative estimate of drug-likeness (QED) is 0.0798. The fourth-order valence-corrected chi connectivity index (χ4v) is 8.19. The van der Waals surface area contributed by atoms with E-state index in [1.54, 1.807) is 28.4 Å². The summed E-state index contributed by atoms with van der Waals surface area (Å²) in [5.74, 6) is 4.03. The van der Waals surface area contributed by atoms with E-state index in [9.17, 15) is 0 Å². The van der Waals surface area contributed by atoms with Gasteiger partial charge in [-0.3, -0.25) is 0 Å². The molecule has 0 amide bonds. The van der Waals surface area contributed by atoms with Crippen LogP contribution >= 0.6 is 0 Å². The van der Waals surface area contributed by atoms with Crippen molar-refractivity contribution in [2.75, 3.05) is 81.3 Å². The molecule has 24 heteroatoms. The maximum absolute atomic E-state index is 6.76. The number of aromatic amines is 4. The molecular formula is C44H48N16O8. The number of methoxy groups -OCH3 is 4. The van der Waals surface area contributed by atoms with Crippen LogP contribution in [0.5, 0.6) is 23.0 Å². The lowest BCUT2D eigenvalue weighted by atomic mass is 9.88. The highest BCUT2D eigenvalue weighted by molar-refractivity contribution is 5.70. The molecule has 8 bridgehead atoms. The number of hydrogen-bond donors (Lipinski definition) is 4. The van der Waals surface area contributed by atoms with Crippen molar-refractivity contribution >= 4 is 0 Å². The molecule has 0 fully saturated rings. The fourth-order valence-electron chi connectivity index (χ4n) is 8.19. The van der Waals surface area contributed by atoms with Gasteiger partial charge in [-0.2, -0.15) is 20.9 Å². The van der Waals surface area contributed by atoms with Gasteiger partial charge in [0.05, 0.1) is 26.4 Å². The zero-order valence-corrected chi connectivity index (χ0v) is 37.7. The minimum atomic E-state index is 0.248. The molecule has 0 saturated heterocycles. The lowest BCUT2D eigenvalue weighted by molar-refractivity contribution is 0.144. The Morgan fingerprint density at radius 2 is 0.529 bits per heavy atom. The predicted octanol–water partition coefficient (Wildman–Crippen LogP) is 3.18. The summed E-state index contributed by atoms with van der Waals surface area (Å²) in [6, 6.07) is 16.0. The Balaban J connectivity index is 1.37. The molecule has 0 unspecified atom stereocenters. The molecule has 4 N–H and O–H groups in total. The Morgan fingerprint density at radius 3 is 0.691 bits per heavy atom. The Labute approximate surface area is 388 Å². The fraction of sp³-hybridized carbons (Fsp3) is 0.364. The van der Waals surface area contributed by atoms with Crippen molar-refractivity contribution in [3.05, 3.63) is 93.0 Å². The van der Waals surface area contributed by atoms with E-state index in [4.69, 9.17) is 37.9 Å². The van der Waals surface area contributed by atoms with E-state index in [1.807, 2.05) is 48.5 Å². The van der Waals surface area contributed by atoms with E-state index in [1.165, 1.54) is 0 Å². The maximum Gasteiger partial charge on any atom is 0.204 e. The third-order valence-electron chi connectivity index (χ3n) is 11.0. The third kappa shape index (κ3) is 10.3. The van der Waals surface area contributed by atoms with Crippen molar-refractivity contribution in [1.29, 1.82) is 0 Å². The van der Waals surface area contributed by atoms with Crippen molar-refractivity contribution in [3.8, 4) is 68.5 Å². The first kappa shape index (κ1) is 45.4. The van der Waals surface area contributed by atoms with E-state index in [0.717, 1.165) is 44.5 Å². The molecule has 9 rings (SSSR count). The highest BCUT2D eigenvalue weighted by atomic mass is 16.5. The third-order valence-corrected chi connectivity index (χ3v) is 11.0. The first-order chi connectivity index (χ1) is 33.5. The van der Waals surface area contributed by atoms with E-state index >= 15 is 0 Å². The van der Waals surface area contributed by atoms with Gasteiger partial charge < -0.3 is 37.9 Å². The van der Waals surface area contributed by atoms with Crippen LogP contribution in [0.2, 0.25) is 0 Å². The molecule has 1 aliphatic rings. The standard InChI is InChI=1S/C44H48N16O8/c1-61-5-9-65-37-25-13-27-19-34(42-47-55-56-48-42)21-29(38(27)66-10-6-62-2)15-31-23-36(44-51-59-60-52-44)24-32(40(31)68-12-8-64-4)16-30-22-35(43-49-57-58-50-43)20-28(39(30)67-11-7-63-3)14-26(37)18-33(17-25)41-45-53-54-46-41/h17-24H,5-16H2,1-4H3,(H,45,46,53,54)(H,47,48,55,56)(H,49,50,57,58)(H,51,52,59,60). The van der Waals surface area contributed by atoms with Crippen LogP contribution in [0.3, 0.4) is 0 Å². The van der Waals surface area contributed by atoms with Crippen LogP contribution in [-0.2, 0) is 44.6 Å². The molecule has 4 heterocycles. The summed E-state index contributed by atoms with van der Waals surface area (Å²) in [5.41, 5.74) is 9.10. The SMILES string of the molecule is COCCOc1c2cc(-c3nn[nH]n3)cc1Cc1cc(-c3nn[nH]n3)cc(c1OCCOC)Cc1cc(-c3nn[nH]n3)cc(c1OCCOC)Cc1cc(-c3nn[nH]n3)cc(c1OCCOC)C2. The molecule has 0 spiro atoms. The van der Waals surface area contributed by atoms with Crippen LogP contribution in [0.1, 0.15) is 44.5 Å². The van der Waals surface area contributed by atoms with Crippen LogP contribution < -0.4 is 18.9 Å². The average molecular weight is 929 g/mol. The topological polar surface area (TPSA) is 292 Å². The monoisotopic (exact) mass is 928 g/mol. The number of tetrazole rings is 4. The van der Waals surface area contributed by atoms with E-state index in [-0.39, 0.29) is 26.4 Å². The van der Waals surface area contributed by atoms with Gasteiger partial charge in [-0.15, -0.1) is 40.8 Å². The lowest BCUT2D eigenvalue weighted by Crippen LogP contribution is -2.14. The van der Waals surface area contributed by atoms with Gasteiger partial charge in [0.2, 0.25) is 23.3 Å². The number of H-pyrrole nitrogens is 4. The number of nitrogens with one attached hydrogen (secondary N) is 4. The highest BCUT2D eigenvalue weighted by Gasteiger charge is 2.27. The number of ether oxygens (including phenoxy) is 8. The lowest BCUT2D eigenvalue weighted by Gasteiger charge is -2.24. The second-order valence-corrected chi connectivity index (χ2v) is 15.5. The Kier molecular flexibility index (Phi) is 14.5. The van der Waals surface area contributed by atoms with Crippen molar-refractivity contribution < 1.29 is 37.9 Å². The van der Waals surface area contributed by atoms with Crippen molar-refractivity contribution in [2.24, 2.45) is 0 Å². The summed E-state index contributed by atoms with van der Waals surface area (Å²) >= 11 is 0. The number of benzene rings is 4. The summed E-state index contributed by atoms with van der Waals surface area (Å²) in [4.78, 5) is 0. The highest BCUT2D eigenvalue weighted by Crippen LogP contribution is 2.43. The van der Waals surface area contributed by atoms with Crippen LogP contribution in [0.4, 0.5) is 0 Å². The number of fused-ring (bicyclic) bond motifs is 8. The summed E-state index contributed by atoms with van der Waals surface area (Å²) in [7, 11) is 6.53. The minimum Gasteiger partial charge on any atom is -0.491 e. The van der Waals surface area contributed by atoms with Crippen LogP contribution in [-0.4, -0.2) is 164 Å². The molecule has 8 aromatic rings. The minimum absolute atomic E-state index is 0.248. The van der Waals surface area contributed by atoms with E-state index in [2.05, 4.69) is 82.5 Å². The second-order valence-electron chi connectivity index (χ2n) is 15.5. The summed E-state index contributed by atoms with van der Waals surface area (Å²) in [5, 5.41) is 61.2. The largest absolute Gasteiger partial charge is 0.491 e. The van der Waals surface area contributed by atoms with Gasteiger partial charge in [-0.25, -0.2) is 0 Å². The van der Waals surface area contributed by atoms with Gasteiger partial charge in [0.1, 0.15) is 49.4 Å². The number of aromatic nitrogens is 16. The predicted molar refractivity (Wildman–Crippen MR) is 239 cm³/mol. The zero-order valence-electron chi connectivity index (χ0n) is 37.7. The molecular weight excluding hydrogens is 881 g/mol. The van der Waals surface area contributed by atoms with E-state index in [0.29, 0.717) is 121 Å². The Hall–Kier alpha value is -7.80.